The lowest BCUT2D eigenvalue weighted by Gasteiger charge is -2.28. The smallest absolute Gasteiger partial charge is 0.191 e. The Bertz CT molecular complexity index is 677. The van der Waals surface area contributed by atoms with Crippen molar-refractivity contribution in [3.05, 3.63) is 59.9 Å². The van der Waals surface area contributed by atoms with Gasteiger partial charge in [0.2, 0.25) is 0 Å². The van der Waals surface area contributed by atoms with E-state index in [0.717, 1.165) is 58.2 Å². The Morgan fingerprint density at radius 2 is 1.85 bits per heavy atom. The highest BCUT2D eigenvalue weighted by atomic mass is 15.2. The predicted molar refractivity (Wildman–Crippen MR) is 108 cm³/mol. The van der Waals surface area contributed by atoms with Crippen LogP contribution in [0.15, 0.2) is 53.8 Å². The molecule has 0 spiro atoms. The van der Waals surface area contributed by atoms with Crippen LogP contribution in [0.4, 0.5) is 0 Å². The first kappa shape index (κ1) is 18.5. The second kappa shape index (κ2) is 10.0. The van der Waals surface area contributed by atoms with Crippen LogP contribution in [0.1, 0.15) is 24.5 Å². The zero-order valence-corrected chi connectivity index (χ0v) is 15.8. The normalized spacial score (nSPS) is 14.9. The molecule has 3 rings (SSSR count). The molecule has 0 fully saturated rings. The Labute approximate surface area is 157 Å². The summed E-state index contributed by atoms with van der Waals surface area (Å²) in [6.45, 7) is 9.03. The van der Waals surface area contributed by atoms with Crippen LogP contribution in [0, 0.1) is 0 Å². The maximum Gasteiger partial charge on any atom is 0.191 e. The van der Waals surface area contributed by atoms with Gasteiger partial charge < -0.3 is 15.2 Å². The average molecular weight is 354 g/mol. The van der Waals surface area contributed by atoms with Gasteiger partial charge in [0.05, 0.1) is 0 Å². The number of nitrogens with zero attached hydrogens (tertiary/aromatic N) is 3. The van der Waals surface area contributed by atoms with Crippen molar-refractivity contribution in [1.82, 2.24) is 20.1 Å². The van der Waals surface area contributed by atoms with E-state index in [9.17, 15) is 0 Å². The predicted octanol–water partition coefficient (Wildman–Crippen LogP) is 2.49. The summed E-state index contributed by atoms with van der Waals surface area (Å²) >= 11 is 0. The van der Waals surface area contributed by atoms with E-state index in [-0.39, 0.29) is 0 Å². The Kier molecular flexibility index (Phi) is 7.14. The lowest BCUT2D eigenvalue weighted by molar-refractivity contribution is 0.252. The number of aromatic nitrogens is 1. The Hall–Kier alpha value is -2.27. The summed E-state index contributed by atoms with van der Waals surface area (Å²) in [5.41, 5.74) is 3.00. The van der Waals surface area contributed by atoms with E-state index in [2.05, 4.69) is 75.8 Å². The summed E-state index contributed by atoms with van der Waals surface area (Å²) < 4.78 is 2.17. The van der Waals surface area contributed by atoms with Crippen molar-refractivity contribution in [1.29, 1.82) is 0 Å². The van der Waals surface area contributed by atoms with Crippen molar-refractivity contribution in [3.8, 4) is 0 Å². The van der Waals surface area contributed by atoms with Crippen LogP contribution in [0.25, 0.3) is 0 Å². The fraction of sp³-hybridized carbons (Fsp3) is 0.476. The van der Waals surface area contributed by atoms with Crippen LogP contribution in [0.5, 0.6) is 0 Å². The first-order valence-electron chi connectivity index (χ1n) is 9.77. The van der Waals surface area contributed by atoms with E-state index in [1.165, 1.54) is 17.5 Å². The van der Waals surface area contributed by atoms with Crippen molar-refractivity contribution in [2.24, 2.45) is 4.99 Å². The molecule has 0 bridgehead atoms. The molecule has 5 nitrogen and oxygen atoms in total. The van der Waals surface area contributed by atoms with E-state index in [1.54, 1.807) is 0 Å². The maximum atomic E-state index is 4.72. The Balaban J connectivity index is 1.38. The van der Waals surface area contributed by atoms with Gasteiger partial charge in [-0.2, -0.15) is 0 Å². The summed E-state index contributed by atoms with van der Waals surface area (Å²) in [5, 5.41) is 6.75. The highest BCUT2D eigenvalue weighted by Gasteiger charge is 2.14. The van der Waals surface area contributed by atoms with Gasteiger partial charge in [0.25, 0.3) is 0 Å². The van der Waals surface area contributed by atoms with Gasteiger partial charge in [0.1, 0.15) is 0 Å². The third-order valence-corrected chi connectivity index (χ3v) is 4.78. The number of nitrogens with one attached hydrogen (secondary N) is 2. The maximum absolute atomic E-state index is 4.72. The number of benzene rings is 1. The van der Waals surface area contributed by atoms with Crippen molar-refractivity contribution >= 4 is 5.96 Å². The molecule has 0 aliphatic carbocycles. The SMILES string of the molecule is CCNC(=NCCCN1CCc2ccccc2C1)NCCn1cccc1. The molecule has 1 aromatic carbocycles. The van der Waals surface area contributed by atoms with Crippen molar-refractivity contribution in [3.63, 3.8) is 0 Å². The lowest BCUT2D eigenvalue weighted by atomic mass is 10.00. The largest absolute Gasteiger partial charge is 0.357 e. The van der Waals surface area contributed by atoms with Gasteiger partial charge in [-0.1, -0.05) is 24.3 Å². The van der Waals surface area contributed by atoms with Crippen LogP contribution < -0.4 is 10.6 Å². The molecular formula is C21H31N5. The number of rotatable bonds is 8. The third kappa shape index (κ3) is 5.63. The number of fused-ring (bicyclic) bond motifs is 1. The van der Waals surface area contributed by atoms with E-state index in [4.69, 9.17) is 4.99 Å². The molecule has 140 valence electrons. The topological polar surface area (TPSA) is 44.6 Å². The summed E-state index contributed by atoms with van der Waals surface area (Å²) in [5.74, 6) is 0.920. The van der Waals surface area contributed by atoms with Gasteiger partial charge in [-0.3, -0.25) is 9.89 Å². The quantitative estimate of drug-likeness (QED) is 0.435. The molecule has 0 amide bonds. The summed E-state index contributed by atoms with van der Waals surface area (Å²) in [6.07, 6.45) is 6.43. The molecule has 2 heterocycles. The minimum atomic E-state index is 0.858. The monoisotopic (exact) mass is 353 g/mol. The van der Waals surface area contributed by atoms with Gasteiger partial charge in [-0.05, 0) is 43.0 Å². The summed E-state index contributed by atoms with van der Waals surface area (Å²) in [4.78, 5) is 7.27. The van der Waals surface area contributed by atoms with Gasteiger partial charge in [-0.25, -0.2) is 0 Å². The standard InChI is InChI=1S/C21H31N5/c1-2-22-21(24-12-17-25-13-5-6-14-25)23-11-7-15-26-16-10-19-8-3-4-9-20(19)18-26/h3-6,8-9,13-14H,2,7,10-12,15-18H2,1H3,(H2,22,23,24). The molecule has 0 saturated carbocycles. The van der Waals surface area contributed by atoms with Crippen molar-refractivity contribution in [2.45, 2.75) is 32.9 Å². The molecule has 0 saturated heterocycles. The van der Waals surface area contributed by atoms with E-state index in [0.29, 0.717) is 0 Å². The zero-order chi connectivity index (χ0) is 18.0. The molecule has 1 aliphatic heterocycles. The molecule has 1 aromatic heterocycles. The molecule has 0 unspecified atom stereocenters. The molecule has 2 aromatic rings. The summed E-state index contributed by atoms with van der Waals surface area (Å²) in [7, 11) is 0. The highest BCUT2D eigenvalue weighted by molar-refractivity contribution is 5.79. The lowest BCUT2D eigenvalue weighted by Crippen LogP contribution is -2.39. The Morgan fingerprint density at radius 3 is 2.65 bits per heavy atom. The van der Waals surface area contributed by atoms with Gasteiger partial charge in [-0.15, -0.1) is 0 Å². The van der Waals surface area contributed by atoms with Crippen LogP contribution in [-0.2, 0) is 19.5 Å². The fourth-order valence-electron chi connectivity index (χ4n) is 3.39. The highest BCUT2D eigenvalue weighted by Crippen LogP contribution is 2.18. The zero-order valence-electron chi connectivity index (χ0n) is 15.8. The first-order valence-corrected chi connectivity index (χ1v) is 9.77. The van der Waals surface area contributed by atoms with E-state index >= 15 is 0 Å². The Morgan fingerprint density at radius 1 is 1.04 bits per heavy atom. The van der Waals surface area contributed by atoms with Crippen LogP contribution in [0.2, 0.25) is 0 Å². The molecule has 0 radical (unpaired) electrons. The average Bonchev–Trinajstić information content (AvgIpc) is 3.18. The van der Waals surface area contributed by atoms with E-state index < -0.39 is 0 Å². The molecule has 1 aliphatic rings. The minimum Gasteiger partial charge on any atom is -0.357 e. The third-order valence-electron chi connectivity index (χ3n) is 4.78. The van der Waals surface area contributed by atoms with Gasteiger partial charge in [0, 0.05) is 58.2 Å². The van der Waals surface area contributed by atoms with Crippen LogP contribution >= 0.6 is 0 Å². The summed E-state index contributed by atoms with van der Waals surface area (Å²) in [6, 6.07) is 12.9. The first-order chi connectivity index (χ1) is 12.8. The second-order valence-electron chi connectivity index (χ2n) is 6.76. The van der Waals surface area contributed by atoms with Gasteiger partial charge >= 0.3 is 0 Å². The number of aliphatic imine (C=N–C) groups is 1. The second-order valence-corrected chi connectivity index (χ2v) is 6.76. The molecular weight excluding hydrogens is 322 g/mol. The van der Waals surface area contributed by atoms with Crippen LogP contribution in [0.3, 0.4) is 0 Å². The van der Waals surface area contributed by atoms with Crippen molar-refractivity contribution < 1.29 is 0 Å². The van der Waals surface area contributed by atoms with E-state index in [1.807, 2.05) is 0 Å². The number of hydrogen-bond acceptors (Lipinski definition) is 2. The molecule has 5 heteroatoms. The minimum absolute atomic E-state index is 0.858. The van der Waals surface area contributed by atoms with Crippen molar-refractivity contribution in [2.75, 3.05) is 32.7 Å². The fourth-order valence-corrected chi connectivity index (χ4v) is 3.39. The number of guanidine groups is 1. The molecule has 0 atom stereocenters. The van der Waals surface area contributed by atoms with Gasteiger partial charge in [0.15, 0.2) is 5.96 Å². The van der Waals surface area contributed by atoms with Crippen LogP contribution in [-0.4, -0.2) is 48.2 Å². The number of hydrogen-bond donors (Lipinski definition) is 2. The molecule has 2 N–H and O–H groups in total. The molecule has 26 heavy (non-hydrogen) atoms.